The zero-order valence-electron chi connectivity index (χ0n) is 10.8. The first kappa shape index (κ1) is 12.6. The van der Waals surface area contributed by atoms with Crippen LogP contribution in [0.4, 0.5) is 5.69 Å². The minimum Gasteiger partial charge on any atom is -0.495 e. The van der Waals surface area contributed by atoms with Crippen molar-refractivity contribution in [3.05, 3.63) is 46.3 Å². The zero-order chi connectivity index (χ0) is 13.2. The van der Waals surface area contributed by atoms with Crippen LogP contribution in [0.1, 0.15) is 30.2 Å². The van der Waals surface area contributed by atoms with Crippen molar-refractivity contribution in [3.8, 4) is 5.75 Å². The number of rotatable bonds is 3. The molecular weight excluding hydrogens is 306 g/mol. The van der Waals surface area contributed by atoms with Crippen LogP contribution in [0.15, 0.2) is 39.4 Å². The van der Waals surface area contributed by atoms with Gasteiger partial charge in [0.15, 0.2) is 0 Å². The molecule has 0 bridgehead atoms. The van der Waals surface area contributed by atoms with E-state index in [1.165, 1.54) is 5.56 Å². The van der Waals surface area contributed by atoms with E-state index in [0.29, 0.717) is 6.04 Å². The lowest BCUT2D eigenvalue weighted by molar-refractivity contribution is 0.414. The molecule has 100 valence electrons. The summed E-state index contributed by atoms with van der Waals surface area (Å²) in [6.07, 6.45) is 5.08. The predicted octanol–water partition coefficient (Wildman–Crippen LogP) is 4.54. The molecule has 2 aromatic rings. The molecular formula is C15H16BrNO2. The summed E-state index contributed by atoms with van der Waals surface area (Å²) in [7, 11) is 1.69. The summed E-state index contributed by atoms with van der Waals surface area (Å²) in [6.45, 7) is 0. The Bertz CT molecular complexity index is 579. The number of methoxy groups -OCH3 is 1. The minimum atomic E-state index is 0.297. The molecule has 1 unspecified atom stereocenters. The maximum atomic E-state index is 5.52. The van der Waals surface area contributed by atoms with Gasteiger partial charge in [0, 0.05) is 16.5 Å². The van der Waals surface area contributed by atoms with Gasteiger partial charge >= 0.3 is 0 Å². The fourth-order valence-electron chi connectivity index (χ4n) is 2.62. The average molecular weight is 322 g/mol. The Kier molecular flexibility index (Phi) is 3.51. The summed E-state index contributed by atoms with van der Waals surface area (Å²) in [6, 6.07) is 8.36. The Balaban J connectivity index is 1.89. The fourth-order valence-corrected chi connectivity index (χ4v) is 2.98. The van der Waals surface area contributed by atoms with Gasteiger partial charge in [0.2, 0.25) is 0 Å². The molecule has 0 saturated carbocycles. The molecule has 0 aliphatic heterocycles. The first-order valence-electron chi connectivity index (χ1n) is 6.44. The van der Waals surface area contributed by atoms with Gasteiger partial charge in [-0.3, -0.25) is 0 Å². The van der Waals surface area contributed by atoms with Crippen LogP contribution in [0, 0.1) is 0 Å². The molecule has 1 aromatic carbocycles. The van der Waals surface area contributed by atoms with Gasteiger partial charge in [0.25, 0.3) is 0 Å². The fraction of sp³-hybridized carbons (Fsp3) is 0.333. The molecule has 1 atom stereocenters. The molecule has 4 heteroatoms. The van der Waals surface area contributed by atoms with E-state index in [4.69, 9.17) is 9.15 Å². The number of anilines is 1. The van der Waals surface area contributed by atoms with Gasteiger partial charge in [-0.25, -0.2) is 0 Å². The van der Waals surface area contributed by atoms with Crippen LogP contribution < -0.4 is 10.1 Å². The Morgan fingerprint density at radius 2 is 2.26 bits per heavy atom. The molecule has 19 heavy (non-hydrogen) atoms. The Morgan fingerprint density at radius 1 is 1.37 bits per heavy atom. The standard InChI is InChI=1S/C15H16BrNO2/c1-18-15-6-5-10(16)9-13(15)17-12-3-2-4-14-11(12)7-8-19-14/h5-9,12,17H,2-4H2,1H3. The quantitative estimate of drug-likeness (QED) is 0.901. The number of fused-ring (bicyclic) bond motifs is 1. The van der Waals surface area contributed by atoms with Crippen molar-refractivity contribution in [1.82, 2.24) is 0 Å². The van der Waals surface area contributed by atoms with Crippen molar-refractivity contribution in [2.45, 2.75) is 25.3 Å². The SMILES string of the molecule is COc1ccc(Br)cc1NC1CCCc2occc21. The van der Waals surface area contributed by atoms with Crippen LogP contribution in [-0.2, 0) is 6.42 Å². The molecule has 1 aromatic heterocycles. The van der Waals surface area contributed by atoms with Crippen molar-refractivity contribution in [2.24, 2.45) is 0 Å². The number of ether oxygens (including phenoxy) is 1. The first-order chi connectivity index (χ1) is 9.28. The van der Waals surface area contributed by atoms with Crippen LogP contribution in [0.3, 0.4) is 0 Å². The Hall–Kier alpha value is -1.42. The molecule has 3 rings (SSSR count). The van der Waals surface area contributed by atoms with E-state index < -0.39 is 0 Å². The highest BCUT2D eigenvalue weighted by Crippen LogP contribution is 2.36. The number of hydrogen-bond acceptors (Lipinski definition) is 3. The summed E-state index contributed by atoms with van der Waals surface area (Å²) >= 11 is 3.50. The maximum Gasteiger partial charge on any atom is 0.142 e. The number of nitrogens with one attached hydrogen (secondary N) is 1. The molecule has 0 fully saturated rings. The van der Waals surface area contributed by atoms with Gasteiger partial charge in [-0.05, 0) is 37.1 Å². The second-order valence-corrected chi connectivity index (χ2v) is 5.65. The van der Waals surface area contributed by atoms with Crippen molar-refractivity contribution < 1.29 is 9.15 Å². The topological polar surface area (TPSA) is 34.4 Å². The Labute approximate surface area is 121 Å². The summed E-state index contributed by atoms with van der Waals surface area (Å²) < 4.78 is 12.0. The summed E-state index contributed by atoms with van der Waals surface area (Å²) in [5, 5.41) is 3.57. The lowest BCUT2D eigenvalue weighted by Crippen LogP contribution is -2.16. The van der Waals surface area contributed by atoms with E-state index >= 15 is 0 Å². The molecule has 0 saturated heterocycles. The van der Waals surface area contributed by atoms with E-state index in [1.54, 1.807) is 13.4 Å². The number of benzene rings is 1. The van der Waals surface area contributed by atoms with Crippen LogP contribution in [0.25, 0.3) is 0 Å². The van der Waals surface area contributed by atoms with E-state index in [2.05, 4.69) is 27.3 Å². The van der Waals surface area contributed by atoms with Crippen molar-refractivity contribution in [1.29, 1.82) is 0 Å². The van der Waals surface area contributed by atoms with E-state index in [9.17, 15) is 0 Å². The molecule has 1 N–H and O–H groups in total. The van der Waals surface area contributed by atoms with Crippen LogP contribution in [0.2, 0.25) is 0 Å². The third kappa shape index (κ3) is 2.50. The summed E-state index contributed by atoms with van der Waals surface area (Å²) in [4.78, 5) is 0. The smallest absolute Gasteiger partial charge is 0.142 e. The second kappa shape index (κ2) is 5.29. The molecule has 0 radical (unpaired) electrons. The van der Waals surface area contributed by atoms with Gasteiger partial charge < -0.3 is 14.5 Å². The van der Waals surface area contributed by atoms with E-state index in [-0.39, 0.29) is 0 Å². The number of furan rings is 1. The van der Waals surface area contributed by atoms with Crippen LogP contribution in [-0.4, -0.2) is 7.11 Å². The zero-order valence-corrected chi connectivity index (χ0v) is 12.4. The maximum absolute atomic E-state index is 5.52. The summed E-state index contributed by atoms with van der Waals surface area (Å²) in [5.74, 6) is 1.97. The minimum absolute atomic E-state index is 0.297. The molecule has 0 amide bonds. The van der Waals surface area contributed by atoms with Crippen LogP contribution >= 0.6 is 15.9 Å². The lowest BCUT2D eigenvalue weighted by atomic mass is 9.93. The molecule has 1 aliphatic carbocycles. The highest BCUT2D eigenvalue weighted by atomic mass is 79.9. The molecule has 3 nitrogen and oxygen atoms in total. The second-order valence-electron chi connectivity index (χ2n) is 4.73. The number of halogens is 1. The van der Waals surface area contributed by atoms with Gasteiger partial charge in [-0.2, -0.15) is 0 Å². The molecule has 0 spiro atoms. The third-order valence-corrected chi connectivity index (χ3v) is 4.04. The van der Waals surface area contributed by atoms with E-state index in [1.807, 2.05) is 18.2 Å². The molecule has 1 heterocycles. The Morgan fingerprint density at radius 3 is 3.11 bits per heavy atom. The highest BCUT2D eigenvalue weighted by Gasteiger charge is 2.23. The van der Waals surface area contributed by atoms with Crippen molar-refractivity contribution >= 4 is 21.6 Å². The van der Waals surface area contributed by atoms with Crippen LogP contribution in [0.5, 0.6) is 5.75 Å². The van der Waals surface area contributed by atoms with E-state index in [0.717, 1.165) is 40.9 Å². The lowest BCUT2D eigenvalue weighted by Gasteiger charge is -2.24. The van der Waals surface area contributed by atoms with Gasteiger partial charge in [0.1, 0.15) is 11.5 Å². The summed E-state index contributed by atoms with van der Waals surface area (Å²) in [5.41, 5.74) is 2.28. The first-order valence-corrected chi connectivity index (χ1v) is 7.23. The predicted molar refractivity (Wildman–Crippen MR) is 78.7 cm³/mol. The van der Waals surface area contributed by atoms with Gasteiger partial charge in [0.05, 0.1) is 25.1 Å². The van der Waals surface area contributed by atoms with Gasteiger partial charge in [-0.1, -0.05) is 15.9 Å². The van der Waals surface area contributed by atoms with Gasteiger partial charge in [-0.15, -0.1) is 0 Å². The highest BCUT2D eigenvalue weighted by molar-refractivity contribution is 9.10. The third-order valence-electron chi connectivity index (χ3n) is 3.54. The number of hydrogen-bond donors (Lipinski definition) is 1. The monoisotopic (exact) mass is 321 g/mol. The largest absolute Gasteiger partial charge is 0.495 e. The normalized spacial score (nSPS) is 17.9. The van der Waals surface area contributed by atoms with Crippen molar-refractivity contribution in [2.75, 3.05) is 12.4 Å². The van der Waals surface area contributed by atoms with Crippen molar-refractivity contribution in [3.63, 3.8) is 0 Å². The number of aryl methyl sites for hydroxylation is 1. The average Bonchev–Trinajstić information content (AvgIpc) is 2.88. The molecule has 1 aliphatic rings.